The third kappa shape index (κ3) is 5.08. The molecule has 82 heavy (non-hydrogen) atoms. The van der Waals surface area contributed by atoms with Crippen molar-refractivity contribution in [3.63, 3.8) is 0 Å². The zero-order chi connectivity index (χ0) is 53.4. The zero-order valence-electron chi connectivity index (χ0n) is 44.0. The molecule has 0 radical (unpaired) electrons. The van der Waals surface area contributed by atoms with Crippen molar-refractivity contribution < 1.29 is 0 Å². The first-order valence-corrected chi connectivity index (χ1v) is 28.4. The first-order chi connectivity index (χ1) is 40.6. The molecule has 0 saturated heterocycles. The molecule has 4 aliphatic carbocycles. The Labute approximate surface area is 470 Å². The van der Waals surface area contributed by atoms with Crippen molar-refractivity contribution in [2.24, 2.45) is 5.92 Å². The van der Waals surface area contributed by atoms with Crippen molar-refractivity contribution in [1.29, 1.82) is 5.26 Å². The van der Waals surface area contributed by atoms with Crippen LogP contribution in [0, 0.1) is 23.8 Å². The fourth-order valence-electron chi connectivity index (χ4n) is 16.3. The van der Waals surface area contributed by atoms with Crippen LogP contribution in [0.25, 0.3) is 136 Å². The molecule has 0 spiro atoms. The van der Waals surface area contributed by atoms with Gasteiger partial charge in [0.2, 0.25) is 5.69 Å². The molecular formula is C76H40BN5. The Bertz CT molecular complexity index is 5640. The van der Waals surface area contributed by atoms with E-state index in [1.165, 1.54) is 76.7 Å². The maximum Gasteiger partial charge on any atom is 0.250 e. The largest absolute Gasteiger partial charge is 0.320 e. The van der Waals surface area contributed by atoms with E-state index < -0.39 is 0 Å². The minimum atomic E-state index is -0.240. The van der Waals surface area contributed by atoms with Gasteiger partial charge in [-0.05, 0) is 142 Å². The number of hydrogen-bond acceptors (Lipinski definition) is 1. The van der Waals surface area contributed by atoms with Crippen molar-refractivity contribution >= 4 is 132 Å². The average molecular weight is 1030 g/mol. The average Bonchev–Trinajstić information content (AvgIpc) is 2.01. The maximum absolute atomic E-state index is 12.3. The van der Waals surface area contributed by atoms with E-state index in [1.54, 1.807) is 0 Å². The van der Waals surface area contributed by atoms with E-state index in [0.717, 1.165) is 105 Å². The standard InChI is InChI=1S/C76H40BN5/c1-79-71-75(59(40-78)74-70-76(71)82-63-21-5-3-15-52(63)56-17-9-19-61(73(56)82)77(70)60-18-8-16-55-51-14-2-4-20-62(51)81(74)72(55)60)80-64-36-30-47(49-32-26-45-24-22-41-10-6-12-43-28-34-53(49)68(45)66(41)43)38-57(64)58-39-48(31-37-65(58)80)50-33-27-46-25-23-42-11-7-13-44-29-35-54(50)69(46)67(42)44/h2-10,12-39,69H,11H2. The maximum atomic E-state index is 12.3. The van der Waals surface area contributed by atoms with Crippen LogP contribution in [0.2, 0.25) is 0 Å². The second-order valence-electron chi connectivity index (χ2n) is 23.1. The Morgan fingerprint density at radius 1 is 0.512 bits per heavy atom. The van der Waals surface area contributed by atoms with Crippen LogP contribution in [0.3, 0.4) is 0 Å². The second-order valence-corrected chi connectivity index (χ2v) is 23.1. The van der Waals surface area contributed by atoms with E-state index in [1.807, 2.05) is 0 Å². The number of allylic oxidation sites excluding steroid dienone is 14. The van der Waals surface area contributed by atoms with Crippen LogP contribution in [0.5, 0.6) is 0 Å². The number of rotatable bonds is 3. The molecule has 2 aliphatic heterocycles. The molecule has 0 saturated carbocycles. The van der Waals surface area contributed by atoms with Gasteiger partial charge in [0, 0.05) is 49.3 Å². The van der Waals surface area contributed by atoms with E-state index in [9.17, 15) is 11.8 Å². The highest BCUT2D eigenvalue weighted by atomic mass is 15.1. The van der Waals surface area contributed by atoms with Crippen LogP contribution in [0.1, 0.15) is 17.5 Å². The van der Waals surface area contributed by atoms with Crippen LogP contribution in [-0.2, 0) is 0 Å². The van der Waals surface area contributed by atoms with Crippen LogP contribution in [0.4, 0.5) is 5.69 Å². The van der Waals surface area contributed by atoms with E-state index in [2.05, 4.69) is 244 Å². The Hall–Kier alpha value is -10.9. The van der Waals surface area contributed by atoms with Crippen molar-refractivity contribution in [3.8, 4) is 34.3 Å². The number of nitrogens with zero attached hydrogens (tertiary/aromatic N) is 5. The van der Waals surface area contributed by atoms with Crippen LogP contribution >= 0.6 is 0 Å². The first kappa shape index (κ1) is 43.0. The quantitative estimate of drug-likeness (QED) is 0.0988. The predicted molar refractivity (Wildman–Crippen MR) is 340 cm³/mol. The number of para-hydroxylation sites is 4. The Morgan fingerprint density at radius 3 is 1.88 bits per heavy atom. The van der Waals surface area contributed by atoms with E-state index in [0.29, 0.717) is 16.9 Å². The Balaban J connectivity index is 0.932. The van der Waals surface area contributed by atoms with Gasteiger partial charge >= 0.3 is 0 Å². The van der Waals surface area contributed by atoms with E-state index in [-0.39, 0.29) is 12.6 Å². The Kier molecular flexibility index (Phi) is 7.90. The van der Waals surface area contributed by atoms with Crippen molar-refractivity contribution in [1.82, 2.24) is 13.7 Å². The van der Waals surface area contributed by atoms with Gasteiger partial charge in [-0.15, -0.1) is 0 Å². The summed E-state index contributed by atoms with van der Waals surface area (Å²) in [5.74, 6) is 0.168. The molecule has 1 atom stereocenters. The normalized spacial score (nSPS) is 16.2. The van der Waals surface area contributed by atoms with Gasteiger partial charge in [0.15, 0.2) is 0 Å². The summed E-state index contributed by atoms with van der Waals surface area (Å²) in [5, 5.41) is 26.5. The van der Waals surface area contributed by atoms with E-state index in [4.69, 9.17) is 4.85 Å². The summed E-state index contributed by atoms with van der Waals surface area (Å²) in [4.78, 5) is 4.73. The van der Waals surface area contributed by atoms with Gasteiger partial charge < -0.3 is 13.7 Å². The smallest absolute Gasteiger partial charge is 0.250 e. The third-order valence-corrected chi connectivity index (χ3v) is 19.5. The molecule has 5 nitrogen and oxygen atoms in total. The van der Waals surface area contributed by atoms with Crippen molar-refractivity contribution in [2.75, 3.05) is 0 Å². The summed E-state index contributed by atoms with van der Waals surface area (Å²) in [6.45, 7) is 9.40. The topological polar surface area (TPSA) is 42.9 Å². The van der Waals surface area contributed by atoms with Gasteiger partial charge in [-0.2, -0.15) is 5.26 Å². The third-order valence-electron chi connectivity index (χ3n) is 19.5. The number of aromatic nitrogens is 3. The van der Waals surface area contributed by atoms with Crippen LogP contribution in [-0.4, -0.2) is 20.4 Å². The van der Waals surface area contributed by atoms with Crippen LogP contribution < -0.4 is 16.4 Å². The number of benzene rings is 11. The molecular weight excluding hydrogens is 994 g/mol. The molecule has 0 amide bonds. The lowest BCUT2D eigenvalue weighted by atomic mass is 9.34. The van der Waals surface area contributed by atoms with E-state index >= 15 is 0 Å². The van der Waals surface area contributed by atoms with Gasteiger partial charge in [-0.1, -0.05) is 188 Å². The molecule has 1 unspecified atom stereocenters. The lowest BCUT2D eigenvalue weighted by molar-refractivity contribution is 0.835. The summed E-state index contributed by atoms with van der Waals surface area (Å²) < 4.78 is 7.03. The van der Waals surface area contributed by atoms with Crippen molar-refractivity contribution in [3.05, 3.63) is 275 Å². The fourth-order valence-corrected chi connectivity index (χ4v) is 16.3. The van der Waals surface area contributed by atoms with Crippen LogP contribution in [0.15, 0.2) is 252 Å². The summed E-state index contributed by atoms with van der Waals surface area (Å²) in [6, 6.07) is 67.6. The van der Waals surface area contributed by atoms with Gasteiger partial charge in [0.05, 0.1) is 51.3 Å². The molecule has 6 heteroatoms. The van der Waals surface area contributed by atoms with Gasteiger partial charge in [-0.25, -0.2) is 4.85 Å². The number of hydrogen-bond donors (Lipinski definition) is 0. The summed E-state index contributed by atoms with van der Waals surface area (Å²) >= 11 is 0. The lowest BCUT2D eigenvalue weighted by Gasteiger charge is -2.36. The van der Waals surface area contributed by atoms with Gasteiger partial charge in [0.1, 0.15) is 6.07 Å². The minimum absolute atomic E-state index is 0.168. The Morgan fingerprint density at radius 2 is 1.15 bits per heavy atom. The molecule has 14 aromatic rings. The molecule has 6 aliphatic rings. The monoisotopic (exact) mass is 1030 g/mol. The summed E-state index contributed by atoms with van der Waals surface area (Å²) in [6.07, 6.45) is 19.5. The highest BCUT2D eigenvalue weighted by Crippen LogP contribution is 2.52. The molecule has 11 aromatic carbocycles. The van der Waals surface area contributed by atoms with Crippen molar-refractivity contribution in [2.45, 2.75) is 6.42 Å². The summed E-state index contributed by atoms with van der Waals surface area (Å²) in [7, 11) is 0. The first-order valence-electron chi connectivity index (χ1n) is 28.4. The molecule has 0 N–H and O–H groups in total. The molecule has 372 valence electrons. The highest BCUT2D eigenvalue weighted by Gasteiger charge is 2.45. The van der Waals surface area contributed by atoms with Gasteiger partial charge in [-0.3, -0.25) is 0 Å². The molecule has 3 aromatic heterocycles. The minimum Gasteiger partial charge on any atom is -0.320 e. The SMILES string of the molecule is [C-]#[N+]c1c(-n2c3ccc(C4=C5C=CC6=C7C(=CC=C(C=C4)C57)CC=C6)cc3c3cc(-c4ccc5ccc6cccc7ccc4c5c67)ccc32)c(C#N)c2c3c1-n1c4ccccc4c4cccc(c41)B3c1cccc3c4ccccc4n-2c13. The molecule has 0 fully saturated rings. The lowest BCUT2D eigenvalue weighted by Crippen LogP contribution is -2.59. The highest BCUT2D eigenvalue weighted by molar-refractivity contribution is 7.00. The predicted octanol–water partition coefficient (Wildman–Crippen LogP) is 16.7. The molecule has 0 bridgehead atoms. The molecule has 5 heterocycles. The molecule has 20 rings (SSSR count). The number of fused-ring (bicyclic) bond motifs is 13. The number of nitriles is 1. The zero-order valence-corrected chi connectivity index (χ0v) is 44.0. The van der Waals surface area contributed by atoms with Gasteiger partial charge in [0.25, 0.3) is 6.71 Å². The fraction of sp³-hybridized carbons (Fsp3) is 0.0263. The summed E-state index contributed by atoms with van der Waals surface area (Å²) in [5.41, 5.74) is 24.1. The second kappa shape index (κ2) is 15.0.